The van der Waals surface area contributed by atoms with E-state index < -0.39 is 0 Å². The van der Waals surface area contributed by atoms with Crippen molar-refractivity contribution in [1.29, 1.82) is 0 Å². The first-order valence-electron chi connectivity index (χ1n) is 5.91. The molecular formula is C11H21N3O. The molecule has 1 saturated carbocycles. The first-order chi connectivity index (χ1) is 7.25. The Labute approximate surface area is 91.5 Å². The van der Waals surface area contributed by atoms with Crippen LogP contribution in [0.3, 0.4) is 0 Å². The van der Waals surface area contributed by atoms with Crippen LogP contribution in [-0.4, -0.2) is 43.2 Å². The molecule has 0 spiro atoms. The smallest absolute Gasteiger partial charge is 0.191 e. The van der Waals surface area contributed by atoms with E-state index >= 15 is 0 Å². The van der Waals surface area contributed by atoms with Crippen LogP contribution in [0.15, 0.2) is 4.99 Å². The molecule has 2 fully saturated rings. The SMILES string of the molecule is CN(CC1CCCCO1)C(N)=NC1CC1. The third-order valence-electron chi connectivity index (χ3n) is 3.00. The normalized spacial score (nSPS) is 27.8. The van der Waals surface area contributed by atoms with Crippen molar-refractivity contribution < 1.29 is 4.74 Å². The van der Waals surface area contributed by atoms with Crippen LogP contribution in [0.4, 0.5) is 0 Å². The van der Waals surface area contributed by atoms with Gasteiger partial charge in [0.1, 0.15) is 0 Å². The van der Waals surface area contributed by atoms with E-state index in [-0.39, 0.29) is 0 Å². The fraction of sp³-hybridized carbons (Fsp3) is 0.909. The molecule has 1 heterocycles. The van der Waals surface area contributed by atoms with E-state index in [9.17, 15) is 0 Å². The number of likely N-dealkylation sites (N-methyl/N-ethyl adjacent to an activating group) is 1. The highest BCUT2D eigenvalue weighted by atomic mass is 16.5. The van der Waals surface area contributed by atoms with E-state index in [1.165, 1.54) is 25.7 Å². The maximum atomic E-state index is 5.90. The van der Waals surface area contributed by atoms with Crippen molar-refractivity contribution in [2.45, 2.75) is 44.2 Å². The lowest BCUT2D eigenvalue weighted by molar-refractivity contribution is 0.00699. The highest BCUT2D eigenvalue weighted by Crippen LogP contribution is 2.23. The molecule has 0 aromatic carbocycles. The monoisotopic (exact) mass is 211 g/mol. The Morgan fingerprint density at radius 1 is 1.40 bits per heavy atom. The molecule has 1 aliphatic carbocycles. The van der Waals surface area contributed by atoms with Gasteiger partial charge in [0, 0.05) is 20.2 Å². The van der Waals surface area contributed by atoms with E-state index in [4.69, 9.17) is 10.5 Å². The number of rotatable bonds is 3. The summed E-state index contributed by atoms with van der Waals surface area (Å²) in [6.07, 6.45) is 6.38. The second-order valence-corrected chi connectivity index (χ2v) is 4.59. The van der Waals surface area contributed by atoms with Crippen LogP contribution in [0.5, 0.6) is 0 Å². The highest BCUT2D eigenvalue weighted by Gasteiger charge is 2.22. The van der Waals surface area contributed by atoms with Gasteiger partial charge in [0.15, 0.2) is 5.96 Å². The fourth-order valence-electron chi connectivity index (χ4n) is 1.84. The molecule has 1 atom stereocenters. The van der Waals surface area contributed by atoms with Crippen LogP contribution < -0.4 is 5.73 Å². The number of ether oxygens (including phenoxy) is 1. The van der Waals surface area contributed by atoms with E-state index in [2.05, 4.69) is 4.99 Å². The molecule has 4 heteroatoms. The Hall–Kier alpha value is -0.770. The van der Waals surface area contributed by atoms with Gasteiger partial charge < -0.3 is 15.4 Å². The zero-order valence-corrected chi connectivity index (χ0v) is 9.48. The van der Waals surface area contributed by atoms with Crippen molar-refractivity contribution in [1.82, 2.24) is 4.90 Å². The van der Waals surface area contributed by atoms with Gasteiger partial charge in [-0.25, -0.2) is 4.99 Å². The summed E-state index contributed by atoms with van der Waals surface area (Å²) < 4.78 is 5.67. The molecule has 0 aromatic heterocycles. The molecule has 2 N–H and O–H groups in total. The van der Waals surface area contributed by atoms with E-state index in [1.54, 1.807) is 0 Å². The number of aliphatic imine (C=N–C) groups is 1. The zero-order valence-electron chi connectivity index (χ0n) is 9.48. The summed E-state index contributed by atoms with van der Waals surface area (Å²) in [4.78, 5) is 6.44. The second-order valence-electron chi connectivity index (χ2n) is 4.59. The molecule has 2 aliphatic rings. The maximum Gasteiger partial charge on any atom is 0.191 e. The lowest BCUT2D eigenvalue weighted by atomic mass is 10.1. The molecule has 2 rings (SSSR count). The largest absolute Gasteiger partial charge is 0.376 e. The Bertz CT molecular complexity index is 232. The molecule has 1 saturated heterocycles. The molecule has 0 amide bonds. The van der Waals surface area contributed by atoms with Gasteiger partial charge in [0.25, 0.3) is 0 Å². The molecule has 15 heavy (non-hydrogen) atoms. The van der Waals surface area contributed by atoms with Crippen molar-refractivity contribution in [3.8, 4) is 0 Å². The minimum atomic E-state index is 0.344. The Balaban J connectivity index is 1.76. The minimum Gasteiger partial charge on any atom is -0.376 e. The molecule has 4 nitrogen and oxygen atoms in total. The van der Waals surface area contributed by atoms with Crippen molar-refractivity contribution in [2.24, 2.45) is 10.7 Å². The van der Waals surface area contributed by atoms with Crippen molar-refractivity contribution in [3.05, 3.63) is 0 Å². The molecular weight excluding hydrogens is 190 g/mol. The van der Waals surface area contributed by atoms with Crippen LogP contribution in [-0.2, 0) is 4.74 Å². The number of nitrogens with zero attached hydrogens (tertiary/aromatic N) is 2. The van der Waals surface area contributed by atoms with Gasteiger partial charge in [0.2, 0.25) is 0 Å². The number of hydrogen-bond acceptors (Lipinski definition) is 2. The average molecular weight is 211 g/mol. The fourth-order valence-corrected chi connectivity index (χ4v) is 1.84. The van der Waals surface area contributed by atoms with Crippen LogP contribution in [0, 0.1) is 0 Å². The lowest BCUT2D eigenvalue weighted by Gasteiger charge is -2.27. The van der Waals surface area contributed by atoms with Crippen LogP contribution >= 0.6 is 0 Å². The molecule has 0 bridgehead atoms. The number of guanidine groups is 1. The van der Waals surface area contributed by atoms with Gasteiger partial charge in [-0.05, 0) is 32.1 Å². The summed E-state index contributed by atoms with van der Waals surface area (Å²) in [5.74, 6) is 0.673. The summed E-state index contributed by atoms with van der Waals surface area (Å²) in [5.41, 5.74) is 5.90. The Morgan fingerprint density at radius 3 is 2.80 bits per heavy atom. The standard InChI is InChI=1S/C11H21N3O/c1-14(11(12)13-9-5-6-9)8-10-4-2-3-7-15-10/h9-10H,2-8H2,1H3,(H2,12,13). The average Bonchev–Trinajstić information content (AvgIpc) is 3.03. The van der Waals surface area contributed by atoms with E-state index in [0.717, 1.165) is 19.6 Å². The predicted octanol–water partition coefficient (Wildman–Crippen LogP) is 0.964. The van der Waals surface area contributed by atoms with Gasteiger partial charge >= 0.3 is 0 Å². The first kappa shape index (κ1) is 10.7. The minimum absolute atomic E-state index is 0.344. The van der Waals surface area contributed by atoms with Crippen LogP contribution in [0.1, 0.15) is 32.1 Å². The Morgan fingerprint density at radius 2 is 2.20 bits per heavy atom. The van der Waals surface area contributed by atoms with Gasteiger partial charge in [-0.1, -0.05) is 0 Å². The predicted molar refractivity (Wildman–Crippen MR) is 60.9 cm³/mol. The summed E-state index contributed by atoms with van der Waals surface area (Å²) in [6, 6.07) is 0.500. The molecule has 0 radical (unpaired) electrons. The van der Waals surface area contributed by atoms with Crippen LogP contribution in [0.2, 0.25) is 0 Å². The molecule has 1 aliphatic heterocycles. The van der Waals surface area contributed by atoms with Crippen molar-refractivity contribution in [2.75, 3.05) is 20.2 Å². The van der Waals surface area contributed by atoms with Crippen molar-refractivity contribution >= 4 is 5.96 Å². The van der Waals surface area contributed by atoms with Gasteiger partial charge in [-0.15, -0.1) is 0 Å². The van der Waals surface area contributed by atoms with Crippen molar-refractivity contribution in [3.63, 3.8) is 0 Å². The Kier molecular flexibility index (Phi) is 3.46. The van der Waals surface area contributed by atoms with Gasteiger partial charge in [-0.3, -0.25) is 0 Å². The third kappa shape index (κ3) is 3.38. The molecule has 86 valence electrons. The summed E-state index contributed by atoms with van der Waals surface area (Å²) >= 11 is 0. The lowest BCUT2D eigenvalue weighted by Crippen LogP contribution is -2.41. The molecule has 1 unspecified atom stereocenters. The highest BCUT2D eigenvalue weighted by molar-refractivity contribution is 5.78. The zero-order chi connectivity index (χ0) is 10.7. The first-order valence-corrected chi connectivity index (χ1v) is 5.91. The van der Waals surface area contributed by atoms with E-state index in [0.29, 0.717) is 18.1 Å². The van der Waals surface area contributed by atoms with Gasteiger partial charge in [0.05, 0.1) is 12.1 Å². The van der Waals surface area contributed by atoms with Crippen LogP contribution in [0.25, 0.3) is 0 Å². The summed E-state index contributed by atoms with van der Waals surface area (Å²) in [7, 11) is 2.00. The second kappa shape index (κ2) is 4.84. The molecule has 0 aromatic rings. The topological polar surface area (TPSA) is 50.9 Å². The van der Waals surface area contributed by atoms with E-state index in [1.807, 2.05) is 11.9 Å². The quantitative estimate of drug-likeness (QED) is 0.559. The van der Waals surface area contributed by atoms with Gasteiger partial charge in [-0.2, -0.15) is 0 Å². The number of nitrogens with two attached hydrogens (primary N) is 1. The summed E-state index contributed by atoms with van der Waals surface area (Å²) in [5, 5.41) is 0. The maximum absolute atomic E-state index is 5.90. The third-order valence-corrected chi connectivity index (χ3v) is 3.00. The number of hydrogen-bond donors (Lipinski definition) is 1. The summed E-state index contributed by atoms with van der Waals surface area (Å²) in [6.45, 7) is 1.78.